The van der Waals surface area contributed by atoms with Crippen LogP contribution in [-0.2, 0) is 4.79 Å². The molecule has 0 spiro atoms. The summed E-state index contributed by atoms with van der Waals surface area (Å²) in [5.41, 5.74) is 0. The van der Waals surface area contributed by atoms with E-state index in [4.69, 9.17) is 27.9 Å². The number of carbonyl (C=O) groups is 1. The number of hydrogen-bond acceptors (Lipinski definition) is 3. The van der Waals surface area contributed by atoms with Crippen molar-refractivity contribution in [2.45, 2.75) is 32.3 Å². The number of amides is 1. The molecule has 1 heterocycles. The van der Waals surface area contributed by atoms with Gasteiger partial charge in [-0.1, -0.05) is 23.2 Å². The molecule has 2 unspecified atom stereocenters. The first-order valence-corrected chi connectivity index (χ1v) is 8.41. The molecule has 0 saturated carbocycles. The average molecular weight is 382 g/mol. The fourth-order valence-electron chi connectivity index (χ4n) is 2.57. The van der Waals surface area contributed by atoms with Gasteiger partial charge in [0.05, 0.1) is 0 Å². The van der Waals surface area contributed by atoms with Crippen molar-refractivity contribution >= 4 is 41.5 Å². The number of piperidine rings is 1. The van der Waals surface area contributed by atoms with Crippen molar-refractivity contribution in [3.8, 4) is 5.75 Å². The summed E-state index contributed by atoms with van der Waals surface area (Å²) in [6.45, 7) is 4.54. The Labute approximate surface area is 153 Å². The zero-order valence-electron chi connectivity index (χ0n) is 13.1. The fraction of sp³-hybridized carbons (Fsp3) is 0.562. The summed E-state index contributed by atoms with van der Waals surface area (Å²) in [6.07, 6.45) is 2.86. The first-order valence-electron chi connectivity index (χ1n) is 7.66. The highest BCUT2D eigenvalue weighted by Gasteiger charge is 2.17. The van der Waals surface area contributed by atoms with E-state index in [-0.39, 0.29) is 18.3 Å². The lowest BCUT2D eigenvalue weighted by atomic mass is 9.96. The Morgan fingerprint density at radius 1 is 1.39 bits per heavy atom. The topological polar surface area (TPSA) is 50.4 Å². The Bertz CT molecular complexity index is 488. The minimum Gasteiger partial charge on any atom is -0.481 e. The van der Waals surface area contributed by atoms with Gasteiger partial charge in [0.15, 0.2) is 6.10 Å². The maximum absolute atomic E-state index is 12.0. The molecule has 130 valence electrons. The monoisotopic (exact) mass is 380 g/mol. The molecule has 1 aliphatic rings. The van der Waals surface area contributed by atoms with Gasteiger partial charge in [-0.2, -0.15) is 0 Å². The van der Waals surface area contributed by atoms with Crippen molar-refractivity contribution in [3.63, 3.8) is 0 Å². The van der Waals surface area contributed by atoms with Gasteiger partial charge in [0.25, 0.3) is 5.91 Å². The molecular weight excluding hydrogens is 359 g/mol. The van der Waals surface area contributed by atoms with E-state index in [1.807, 2.05) is 0 Å². The average Bonchev–Trinajstić information content (AvgIpc) is 2.47. The Hall–Kier alpha value is -0.680. The van der Waals surface area contributed by atoms with Crippen LogP contribution in [0.5, 0.6) is 5.75 Å². The zero-order chi connectivity index (χ0) is 15.9. The van der Waals surface area contributed by atoms with Crippen molar-refractivity contribution in [1.82, 2.24) is 10.6 Å². The van der Waals surface area contributed by atoms with Crippen LogP contribution in [0.1, 0.15) is 26.2 Å². The van der Waals surface area contributed by atoms with E-state index < -0.39 is 6.10 Å². The summed E-state index contributed by atoms with van der Waals surface area (Å²) in [5, 5.41) is 7.27. The predicted octanol–water partition coefficient (Wildman–Crippen LogP) is 3.69. The highest BCUT2D eigenvalue weighted by Crippen LogP contribution is 2.24. The molecule has 2 rings (SSSR count). The van der Waals surface area contributed by atoms with Gasteiger partial charge < -0.3 is 15.4 Å². The second-order valence-electron chi connectivity index (χ2n) is 5.66. The predicted molar refractivity (Wildman–Crippen MR) is 97.0 cm³/mol. The molecule has 2 atom stereocenters. The Morgan fingerprint density at radius 2 is 2.09 bits per heavy atom. The van der Waals surface area contributed by atoms with E-state index in [9.17, 15) is 4.79 Å². The maximum Gasteiger partial charge on any atom is 0.260 e. The van der Waals surface area contributed by atoms with Gasteiger partial charge in [-0.05, 0) is 63.4 Å². The minimum atomic E-state index is -0.584. The summed E-state index contributed by atoms with van der Waals surface area (Å²) in [4.78, 5) is 12.0. The molecule has 1 saturated heterocycles. The minimum absolute atomic E-state index is 0. The Balaban J connectivity index is 0.00000264. The molecule has 0 aliphatic carbocycles. The van der Waals surface area contributed by atoms with Crippen LogP contribution in [0.25, 0.3) is 0 Å². The summed E-state index contributed by atoms with van der Waals surface area (Å²) in [7, 11) is 0. The maximum atomic E-state index is 12.0. The van der Waals surface area contributed by atoms with Crippen LogP contribution in [0.2, 0.25) is 10.0 Å². The van der Waals surface area contributed by atoms with Crippen LogP contribution in [0, 0.1) is 5.92 Å². The molecule has 1 aromatic rings. The normalized spacial score (nSPS) is 18.7. The molecule has 7 heteroatoms. The second-order valence-corrected chi connectivity index (χ2v) is 6.53. The van der Waals surface area contributed by atoms with E-state index in [0.717, 1.165) is 19.5 Å². The summed E-state index contributed by atoms with van der Waals surface area (Å²) < 4.78 is 5.59. The van der Waals surface area contributed by atoms with Gasteiger partial charge in [-0.15, -0.1) is 12.4 Å². The first-order chi connectivity index (χ1) is 10.5. The number of nitrogens with one attached hydrogen (secondary N) is 2. The lowest BCUT2D eigenvalue weighted by molar-refractivity contribution is -0.127. The molecule has 0 radical (unpaired) electrons. The van der Waals surface area contributed by atoms with Crippen molar-refractivity contribution < 1.29 is 9.53 Å². The van der Waals surface area contributed by atoms with Crippen molar-refractivity contribution in [1.29, 1.82) is 0 Å². The lowest BCUT2D eigenvalue weighted by Gasteiger charge is -2.23. The van der Waals surface area contributed by atoms with Gasteiger partial charge in [0, 0.05) is 16.6 Å². The highest BCUT2D eigenvalue weighted by molar-refractivity contribution is 6.34. The van der Waals surface area contributed by atoms with Gasteiger partial charge >= 0.3 is 0 Å². The third-order valence-corrected chi connectivity index (χ3v) is 4.21. The smallest absolute Gasteiger partial charge is 0.260 e. The van der Waals surface area contributed by atoms with Crippen LogP contribution in [0.3, 0.4) is 0 Å². The van der Waals surface area contributed by atoms with Crippen LogP contribution < -0.4 is 15.4 Å². The van der Waals surface area contributed by atoms with Crippen molar-refractivity contribution in [3.05, 3.63) is 28.2 Å². The zero-order valence-corrected chi connectivity index (χ0v) is 15.4. The largest absolute Gasteiger partial charge is 0.481 e. The first kappa shape index (κ1) is 20.4. The van der Waals surface area contributed by atoms with Gasteiger partial charge in [-0.3, -0.25) is 4.79 Å². The van der Waals surface area contributed by atoms with E-state index in [0.29, 0.717) is 28.3 Å². The molecule has 0 aromatic heterocycles. The molecule has 1 amide bonds. The third kappa shape index (κ3) is 7.17. The van der Waals surface area contributed by atoms with Crippen LogP contribution >= 0.6 is 35.6 Å². The van der Waals surface area contributed by atoms with Crippen LogP contribution in [0.15, 0.2) is 18.2 Å². The number of halogens is 3. The molecular formula is C16H23Cl3N2O2. The number of ether oxygens (including phenoxy) is 1. The summed E-state index contributed by atoms with van der Waals surface area (Å²) in [6, 6.07) is 4.91. The lowest BCUT2D eigenvalue weighted by Crippen LogP contribution is -2.38. The highest BCUT2D eigenvalue weighted by atomic mass is 35.5. The number of rotatable bonds is 6. The number of carbonyl (C=O) groups excluding carboxylic acids is 1. The SMILES string of the molecule is CC(Oc1cc(Cl)cc(Cl)c1)C(=O)NCCC1CCCNC1.Cl. The van der Waals surface area contributed by atoms with E-state index in [1.165, 1.54) is 12.8 Å². The fourth-order valence-corrected chi connectivity index (χ4v) is 3.07. The molecule has 4 nitrogen and oxygen atoms in total. The Morgan fingerprint density at radius 3 is 2.70 bits per heavy atom. The second kappa shape index (κ2) is 10.2. The molecule has 2 N–H and O–H groups in total. The third-order valence-electron chi connectivity index (χ3n) is 3.77. The molecule has 0 bridgehead atoms. The quantitative estimate of drug-likeness (QED) is 0.790. The van der Waals surface area contributed by atoms with E-state index in [1.54, 1.807) is 25.1 Å². The molecule has 1 aromatic carbocycles. The van der Waals surface area contributed by atoms with E-state index in [2.05, 4.69) is 10.6 Å². The summed E-state index contributed by atoms with van der Waals surface area (Å²) in [5.74, 6) is 1.02. The van der Waals surface area contributed by atoms with Crippen molar-refractivity contribution in [2.75, 3.05) is 19.6 Å². The number of hydrogen-bond donors (Lipinski definition) is 2. The van der Waals surface area contributed by atoms with Crippen LogP contribution in [-0.4, -0.2) is 31.6 Å². The molecule has 1 aliphatic heterocycles. The van der Waals surface area contributed by atoms with Gasteiger partial charge in [0.2, 0.25) is 0 Å². The molecule has 1 fully saturated rings. The Kier molecular flexibility index (Phi) is 9.07. The molecule has 23 heavy (non-hydrogen) atoms. The standard InChI is InChI=1S/C16H22Cl2N2O2.ClH/c1-11(22-15-8-13(17)7-14(18)9-15)16(21)20-6-4-12-3-2-5-19-10-12;/h7-9,11-12,19H,2-6,10H2,1H3,(H,20,21);1H. The van der Waals surface area contributed by atoms with Gasteiger partial charge in [-0.25, -0.2) is 0 Å². The van der Waals surface area contributed by atoms with Crippen LogP contribution in [0.4, 0.5) is 0 Å². The van der Waals surface area contributed by atoms with Gasteiger partial charge in [0.1, 0.15) is 5.75 Å². The van der Waals surface area contributed by atoms with E-state index >= 15 is 0 Å². The number of benzene rings is 1. The summed E-state index contributed by atoms with van der Waals surface area (Å²) >= 11 is 11.8. The van der Waals surface area contributed by atoms with Crippen molar-refractivity contribution in [2.24, 2.45) is 5.92 Å².